The number of carbonyl (C=O) groups excluding carboxylic acids is 1. The molecule has 1 saturated heterocycles. The van der Waals surface area contributed by atoms with Gasteiger partial charge in [0.15, 0.2) is 5.78 Å². The quantitative estimate of drug-likeness (QED) is 0.606. The lowest BCUT2D eigenvalue weighted by molar-refractivity contribution is 0.0971. The Balaban J connectivity index is 0.00000150. The molecule has 1 N–H and O–H groups in total. The Morgan fingerprint density at radius 1 is 1.17 bits per heavy atom. The van der Waals surface area contributed by atoms with Gasteiger partial charge in [0.2, 0.25) is 0 Å². The molecule has 6 heteroatoms. The fourth-order valence-electron chi connectivity index (χ4n) is 4.42. The first-order valence-corrected chi connectivity index (χ1v) is 10.0. The highest BCUT2D eigenvalue weighted by Gasteiger charge is 2.36. The average molecular weight is 439 g/mol. The van der Waals surface area contributed by atoms with Crippen LogP contribution in [-0.4, -0.2) is 36.4 Å². The number of anilines is 1. The summed E-state index contributed by atoms with van der Waals surface area (Å²) in [6, 6.07) is 13.2. The number of hydrogen-bond donors (Lipinski definition) is 1. The number of likely N-dealkylation sites (tertiary alicyclic amines) is 1. The molecule has 0 bridgehead atoms. The van der Waals surface area contributed by atoms with E-state index in [0.717, 1.165) is 38.9 Å². The second-order valence-corrected chi connectivity index (χ2v) is 7.76. The zero-order valence-corrected chi connectivity index (χ0v) is 18.3. The van der Waals surface area contributed by atoms with E-state index in [2.05, 4.69) is 35.3 Å². The molecule has 2 aliphatic heterocycles. The second kappa shape index (κ2) is 10.4. The largest absolute Gasteiger partial charge is 0.381 e. The molecule has 0 radical (unpaired) electrons. The standard InChI is InChI=1S/C23H27FN2O.2ClH/c1-2-16-5-10-21-19(14-16)20-15-26(13-11-22(20)25-21)12-3-4-23(27)17-6-8-18(24)9-7-17;;/h5-10,14,20,22,25H,2-4,11-13,15H2,1H3;2*1H. The number of benzene rings is 2. The number of aryl methyl sites for hydroxylation is 1. The lowest BCUT2D eigenvalue weighted by Crippen LogP contribution is -2.42. The fraction of sp³-hybridized carbons (Fsp3) is 0.435. The maximum atomic E-state index is 13.0. The van der Waals surface area contributed by atoms with E-state index in [-0.39, 0.29) is 36.4 Å². The van der Waals surface area contributed by atoms with Gasteiger partial charge in [0, 0.05) is 42.7 Å². The second-order valence-electron chi connectivity index (χ2n) is 7.76. The Bertz CT molecular complexity index is 828. The fourth-order valence-corrected chi connectivity index (χ4v) is 4.42. The summed E-state index contributed by atoms with van der Waals surface area (Å²) in [5.41, 5.74) is 4.77. The normalized spacial score (nSPS) is 19.9. The SMILES string of the molecule is CCc1ccc2c(c1)C1CN(CCCC(=O)c3ccc(F)cc3)CCC1N2.Cl.Cl. The molecule has 2 aliphatic rings. The monoisotopic (exact) mass is 438 g/mol. The van der Waals surface area contributed by atoms with Gasteiger partial charge < -0.3 is 10.2 Å². The van der Waals surface area contributed by atoms with E-state index in [1.807, 2.05) is 0 Å². The van der Waals surface area contributed by atoms with Crippen molar-refractivity contribution in [2.75, 3.05) is 25.0 Å². The highest BCUT2D eigenvalue weighted by Crippen LogP contribution is 2.40. The van der Waals surface area contributed by atoms with Crippen LogP contribution in [0, 0.1) is 5.82 Å². The van der Waals surface area contributed by atoms with Gasteiger partial charge in [0.25, 0.3) is 0 Å². The number of ketones is 1. The van der Waals surface area contributed by atoms with Gasteiger partial charge in [0.05, 0.1) is 0 Å². The maximum Gasteiger partial charge on any atom is 0.162 e. The Morgan fingerprint density at radius 3 is 2.66 bits per heavy atom. The number of Topliss-reactive ketones (excluding diaryl/α,β-unsaturated/α-hetero) is 1. The van der Waals surface area contributed by atoms with Crippen LogP contribution in [-0.2, 0) is 6.42 Å². The molecule has 2 heterocycles. The summed E-state index contributed by atoms with van der Waals surface area (Å²) in [7, 11) is 0. The van der Waals surface area contributed by atoms with Crippen LogP contribution in [0.5, 0.6) is 0 Å². The predicted molar refractivity (Wildman–Crippen MR) is 121 cm³/mol. The van der Waals surface area contributed by atoms with Crippen molar-refractivity contribution in [1.82, 2.24) is 4.90 Å². The van der Waals surface area contributed by atoms with Gasteiger partial charge in [-0.1, -0.05) is 19.1 Å². The highest BCUT2D eigenvalue weighted by atomic mass is 35.5. The summed E-state index contributed by atoms with van der Waals surface area (Å²) in [5, 5.41) is 3.70. The Hall–Kier alpha value is -1.62. The summed E-state index contributed by atoms with van der Waals surface area (Å²) in [6.07, 6.45) is 3.58. The smallest absolute Gasteiger partial charge is 0.162 e. The van der Waals surface area contributed by atoms with Crippen LogP contribution in [0.1, 0.15) is 53.6 Å². The van der Waals surface area contributed by atoms with Gasteiger partial charge in [-0.25, -0.2) is 4.39 Å². The van der Waals surface area contributed by atoms with Crippen molar-refractivity contribution in [3.05, 3.63) is 65.0 Å². The van der Waals surface area contributed by atoms with Crippen molar-refractivity contribution in [3.63, 3.8) is 0 Å². The minimum absolute atomic E-state index is 0. The molecule has 0 spiro atoms. The van der Waals surface area contributed by atoms with Crippen molar-refractivity contribution in [1.29, 1.82) is 0 Å². The predicted octanol–water partition coefficient (Wildman–Crippen LogP) is 5.48. The molecule has 1 fully saturated rings. The van der Waals surface area contributed by atoms with Gasteiger partial charge in [-0.15, -0.1) is 24.8 Å². The first-order chi connectivity index (χ1) is 13.1. The number of piperidine rings is 1. The third-order valence-electron chi connectivity index (χ3n) is 6.01. The molecule has 2 unspecified atom stereocenters. The number of nitrogens with one attached hydrogen (secondary N) is 1. The molecule has 0 amide bonds. The molecule has 3 nitrogen and oxygen atoms in total. The molecular weight excluding hydrogens is 410 g/mol. The maximum absolute atomic E-state index is 13.0. The van der Waals surface area contributed by atoms with Gasteiger partial charge >= 0.3 is 0 Å². The molecule has 0 aliphatic carbocycles. The first-order valence-electron chi connectivity index (χ1n) is 10.0. The molecule has 4 rings (SSSR count). The van der Waals surface area contributed by atoms with E-state index >= 15 is 0 Å². The van der Waals surface area contributed by atoms with Crippen LogP contribution in [0.25, 0.3) is 0 Å². The highest BCUT2D eigenvalue weighted by molar-refractivity contribution is 5.95. The van der Waals surface area contributed by atoms with Gasteiger partial charge in [-0.3, -0.25) is 4.79 Å². The van der Waals surface area contributed by atoms with Gasteiger partial charge in [-0.2, -0.15) is 0 Å². The van der Waals surface area contributed by atoms with Crippen LogP contribution < -0.4 is 5.32 Å². The van der Waals surface area contributed by atoms with Crippen LogP contribution in [0.3, 0.4) is 0 Å². The van der Waals surface area contributed by atoms with Crippen LogP contribution in [0.2, 0.25) is 0 Å². The van der Waals surface area contributed by atoms with E-state index < -0.39 is 0 Å². The van der Waals surface area contributed by atoms with Crippen molar-refractivity contribution >= 4 is 36.3 Å². The molecule has 2 aromatic rings. The molecule has 2 aromatic carbocycles. The number of halogens is 3. The van der Waals surface area contributed by atoms with E-state index in [1.165, 1.54) is 28.9 Å². The molecule has 158 valence electrons. The molecule has 29 heavy (non-hydrogen) atoms. The number of rotatable bonds is 6. The van der Waals surface area contributed by atoms with Crippen LogP contribution in [0.4, 0.5) is 10.1 Å². The van der Waals surface area contributed by atoms with E-state index in [4.69, 9.17) is 0 Å². The Kier molecular flexibility index (Phi) is 8.50. The van der Waals surface area contributed by atoms with Crippen LogP contribution >= 0.6 is 24.8 Å². The lowest BCUT2D eigenvalue weighted by Gasteiger charge is -2.35. The molecule has 2 atom stereocenters. The van der Waals surface area contributed by atoms with Gasteiger partial charge in [0.1, 0.15) is 5.82 Å². The summed E-state index contributed by atoms with van der Waals surface area (Å²) < 4.78 is 13.0. The minimum Gasteiger partial charge on any atom is -0.381 e. The Labute approximate surface area is 184 Å². The topological polar surface area (TPSA) is 32.3 Å². The zero-order valence-electron chi connectivity index (χ0n) is 16.7. The first kappa shape index (κ1) is 23.7. The number of hydrogen-bond acceptors (Lipinski definition) is 3. The lowest BCUT2D eigenvalue weighted by atomic mass is 9.88. The summed E-state index contributed by atoms with van der Waals surface area (Å²) >= 11 is 0. The van der Waals surface area contributed by atoms with Crippen molar-refractivity contribution < 1.29 is 9.18 Å². The van der Waals surface area contributed by atoms with Crippen molar-refractivity contribution in [2.24, 2.45) is 0 Å². The zero-order chi connectivity index (χ0) is 18.8. The summed E-state index contributed by atoms with van der Waals surface area (Å²) in [5.74, 6) is 0.351. The third kappa shape index (κ3) is 5.30. The van der Waals surface area contributed by atoms with E-state index in [1.54, 1.807) is 12.1 Å². The van der Waals surface area contributed by atoms with Crippen molar-refractivity contribution in [2.45, 2.75) is 44.6 Å². The Morgan fingerprint density at radius 2 is 1.93 bits per heavy atom. The van der Waals surface area contributed by atoms with Crippen molar-refractivity contribution in [3.8, 4) is 0 Å². The van der Waals surface area contributed by atoms with E-state index in [0.29, 0.717) is 23.9 Å². The van der Waals surface area contributed by atoms with E-state index in [9.17, 15) is 9.18 Å². The molecule has 0 saturated carbocycles. The number of nitrogens with zero attached hydrogens (tertiary/aromatic N) is 1. The summed E-state index contributed by atoms with van der Waals surface area (Å²) in [6.45, 7) is 5.28. The average Bonchev–Trinajstić information content (AvgIpc) is 3.05. The van der Waals surface area contributed by atoms with Crippen LogP contribution in [0.15, 0.2) is 42.5 Å². The molecule has 0 aromatic heterocycles. The number of fused-ring (bicyclic) bond motifs is 3. The molecular formula is C23H29Cl2FN2O. The van der Waals surface area contributed by atoms with Gasteiger partial charge in [-0.05, 0) is 67.3 Å². The third-order valence-corrected chi connectivity index (χ3v) is 6.01. The summed E-state index contributed by atoms with van der Waals surface area (Å²) in [4.78, 5) is 14.8. The minimum atomic E-state index is -0.300. The number of carbonyl (C=O) groups is 1.